The second kappa shape index (κ2) is 5.90. The van der Waals surface area contributed by atoms with E-state index in [1.807, 2.05) is 6.92 Å². The van der Waals surface area contributed by atoms with Gasteiger partial charge in [-0.3, -0.25) is 14.9 Å². The maximum Gasteiger partial charge on any atom is 0.315 e. The summed E-state index contributed by atoms with van der Waals surface area (Å²) in [6, 6.07) is 0.186. The predicted molar refractivity (Wildman–Crippen MR) is 68.2 cm³/mol. The van der Waals surface area contributed by atoms with Crippen LogP contribution in [0.1, 0.15) is 32.6 Å². The highest BCUT2D eigenvalue weighted by atomic mass is 32.1. The number of hydrogen-bond acceptors (Lipinski definition) is 5. The average molecular weight is 268 g/mol. The van der Waals surface area contributed by atoms with E-state index in [0.717, 1.165) is 25.7 Å². The Morgan fingerprint density at radius 1 is 1.56 bits per heavy atom. The monoisotopic (exact) mass is 268 g/mol. The molecule has 18 heavy (non-hydrogen) atoms. The van der Waals surface area contributed by atoms with Gasteiger partial charge in [-0.25, -0.2) is 0 Å². The largest absolute Gasteiger partial charge is 0.331 e. The molecule has 0 saturated carbocycles. The Morgan fingerprint density at radius 2 is 2.39 bits per heavy atom. The molecular formula is C11H16N4O2S. The first-order valence-electron chi connectivity index (χ1n) is 6.10. The summed E-state index contributed by atoms with van der Waals surface area (Å²) in [6.07, 6.45) is 3.96. The van der Waals surface area contributed by atoms with Gasteiger partial charge in [0.05, 0.1) is 0 Å². The van der Waals surface area contributed by atoms with Gasteiger partial charge >= 0.3 is 11.8 Å². The maximum atomic E-state index is 12.1. The molecule has 2 heterocycles. The summed E-state index contributed by atoms with van der Waals surface area (Å²) in [7, 11) is 0. The molecule has 0 spiro atoms. The molecule has 2 rings (SSSR count). The Labute approximate surface area is 109 Å². The molecule has 1 saturated heterocycles. The van der Waals surface area contributed by atoms with Crippen LogP contribution in [-0.4, -0.2) is 39.5 Å². The lowest BCUT2D eigenvalue weighted by Gasteiger charge is -2.34. The lowest BCUT2D eigenvalue weighted by atomic mass is 10.00. The molecule has 1 aromatic heterocycles. The smallest absolute Gasteiger partial charge is 0.315 e. The van der Waals surface area contributed by atoms with Crippen molar-refractivity contribution >= 4 is 28.3 Å². The highest BCUT2D eigenvalue weighted by Gasteiger charge is 2.29. The van der Waals surface area contributed by atoms with E-state index in [2.05, 4.69) is 15.5 Å². The van der Waals surface area contributed by atoms with E-state index in [0.29, 0.717) is 11.7 Å². The van der Waals surface area contributed by atoms with Crippen molar-refractivity contribution in [3.05, 3.63) is 5.51 Å². The van der Waals surface area contributed by atoms with Crippen LogP contribution >= 0.6 is 11.3 Å². The van der Waals surface area contributed by atoms with Crippen LogP contribution in [0.4, 0.5) is 5.13 Å². The summed E-state index contributed by atoms with van der Waals surface area (Å²) in [4.78, 5) is 25.6. The number of hydrogen-bond donors (Lipinski definition) is 1. The van der Waals surface area contributed by atoms with Gasteiger partial charge in [-0.2, -0.15) is 0 Å². The molecular weight excluding hydrogens is 252 g/mol. The lowest BCUT2D eigenvalue weighted by Crippen LogP contribution is -2.48. The fourth-order valence-electron chi connectivity index (χ4n) is 2.20. The first kappa shape index (κ1) is 12.9. The molecule has 1 aliphatic heterocycles. The number of aromatic nitrogens is 2. The number of amides is 2. The molecule has 6 nitrogen and oxygen atoms in total. The standard InChI is InChI=1S/C11H16N4O2S/c1-2-8-5-3-4-6-15(8)10(17)9(16)13-11-14-12-7-18-11/h7-8H,2-6H2,1H3,(H,13,14,16). The summed E-state index contributed by atoms with van der Waals surface area (Å²) in [5, 5.41) is 10.1. The quantitative estimate of drug-likeness (QED) is 0.820. The zero-order chi connectivity index (χ0) is 13.0. The van der Waals surface area contributed by atoms with Crippen molar-refractivity contribution in [3.8, 4) is 0 Å². The molecule has 2 amide bonds. The highest BCUT2D eigenvalue weighted by molar-refractivity contribution is 7.13. The van der Waals surface area contributed by atoms with Gasteiger partial charge in [0.2, 0.25) is 5.13 Å². The van der Waals surface area contributed by atoms with Crippen molar-refractivity contribution in [3.63, 3.8) is 0 Å². The number of nitrogens with zero attached hydrogens (tertiary/aromatic N) is 3. The molecule has 1 fully saturated rings. The van der Waals surface area contributed by atoms with Crippen molar-refractivity contribution in [1.29, 1.82) is 0 Å². The van der Waals surface area contributed by atoms with Gasteiger partial charge in [-0.15, -0.1) is 10.2 Å². The van der Waals surface area contributed by atoms with E-state index in [4.69, 9.17) is 0 Å². The second-order valence-electron chi connectivity index (χ2n) is 4.25. The maximum absolute atomic E-state index is 12.1. The Balaban J connectivity index is 1.98. The number of anilines is 1. The number of carbonyl (C=O) groups is 2. The molecule has 0 aliphatic carbocycles. The van der Waals surface area contributed by atoms with Gasteiger partial charge in [0.15, 0.2) is 0 Å². The van der Waals surface area contributed by atoms with E-state index in [1.54, 1.807) is 4.90 Å². The van der Waals surface area contributed by atoms with Gasteiger partial charge in [-0.1, -0.05) is 18.3 Å². The van der Waals surface area contributed by atoms with E-state index in [-0.39, 0.29) is 6.04 Å². The third-order valence-electron chi connectivity index (χ3n) is 3.13. The van der Waals surface area contributed by atoms with Crippen LogP contribution < -0.4 is 5.32 Å². The molecule has 1 unspecified atom stereocenters. The Kier molecular flexibility index (Phi) is 4.24. The SMILES string of the molecule is CCC1CCCCN1C(=O)C(=O)Nc1nncs1. The fraction of sp³-hybridized carbons (Fsp3) is 0.636. The number of piperidine rings is 1. The summed E-state index contributed by atoms with van der Waals surface area (Å²) in [6.45, 7) is 2.71. The second-order valence-corrected chi connectivity index (χ2v) is 5.09. The molecule has 1 aliphatic rings. The molecule has 98 valence electrons. The van der Waals surface area contributed by atoms with Crippen LogP contribution in [0.2, 0.25) is 0 Å². The third-order valence-corrected chi connectivity index (χ3v) is 3.74. The van der Waals surface area contributed by atoms with E-state index in [9.17, 15) is 9.59 Å². The first-order valence-corrected chi connectivity index (χ1v) is 6.98. The van der Waals surface area contributed by atoms with E-state index >= 15 is 0 Å². The van der Waals surface area contributed by atoms with Crippen LogP contribution in [0.25, 0.3) is 0 Å². The number of likely N-dealkylation sites (tertiary alicyclic amines) is 1. The Bertz CT molecular complexity index is 421. The molecule has 0 bridgehead atoms. The summed E-state index contributed by atoms with van der Waals surface area (Å²) >= 11 is 1.20. The van der Waals surface area contributed by atoms with Crippen molar-refractivity contribution in [2.45, 2.75) is 38.6 Å². The van der Waals surface area contributed by atoms with Crippen LogP contribution in [-0.2, 0) is 9.59 Å². The van der Waals surface area contributed by atoms with Crippen LogP contribution in [0.3, 0.4) is 0 Å². The summed E-state index contributed by atoms with van der Waals surface area (Å²) in [5.41, 5.74) is 1.51. The van der Waals surface area contributed by atoms with Crippen molar-refractivity contribution < 1.29 is 9.59 Å². The summed E-state index contributed by atoms with van der Waals surface area (Å²) < 4.78 is 0. The number of carbonyl (C=O) groups excluding carboxylic acids is 2. The van der Waals surface area contributed by atoms with Crippen LogP contribution in [0, 0.1) is 0 Å². The minimum absolute atomic E-state index is 0.186. The third kappa shape index (κ3) is 2.84. The van der Waals surface area contributed by atoms with Crippen LogP contribution in [0.5, 0.6) is 0 Å². The van der Waals surface area contributed by atoms with Gasteiger partial charge in [0.25, 0.3) is 0 Å². The van der Waals surface area contributed by atoms with Gasteiger partial charge < -0.3 is 4.90 Å². The minimum Gasteiger partial charge on any atom is -0.331 e. The van der Waals surface area contributed by atoms with Crippen molar-refractivity contribution in [1.82, 2.24) is 15.1 Å². The van der Waals surface area contributed by atoms with Gasteiger partial charge in [-0.05, 0) is 25.7 Å². The molecule has 0 aromatic carbocycles. The lowest BCUT2D eigenvalue weighted by molar-refractivity contribution is -0.145. The van der Waals surface area contributed by atoms with E-state index < -0.39 is 11.8 Å². The summed E-state index contributed by atoms with van der Waals surface area (Å²) in [5.74, 6) is -1.08. The molecule has 1 aromatic rings. The highest BCUT2D eigenvalue weighted by Crippen LogP contribution is 2.20. The average Bonchev–Trinajstić information content (AvgIpc) is 2.90. The zero-order valence-electron chi connectivity index (χ0n) is 10.3. The topological polar surface area (TPSA) is 75.2 Å². The fourth-order valence-corrected chi connectivity index (χ4v) is 2.64. The molecule has 1 atom stereocenters. The van der Waals surface area contributed by atoms with Crippen molar-refractivity contribution in [2.24, 2.45) is 0 Å². The normalized spacial score (nSPS) is 19.6. The van der Waals surface area contributed by atoms with Gasteiger partial charge in [0.1, 0.15) is 5.51 Å². The molecule has 7 heteroatoms. The van der Waals surface area contributed by atoms with Gasteiger partial charge in [0, 0.05) is 12.6 Å². The minimum atomic E-state index is -0.618. The Hall–Kier alpha value is -1.50. The molecule has 0 radical (unpaired) electrons. The van der Waals surface area contributed by atoms with Crippen molar-refractivity contribution in [2.75, 3.05) is 11.9 Å². The number of rotatable bonds is 2. The first-order chi connectivity index (χ1) is 8.72. The molecule has 1 N–H and O–H groups in total. The predicted octanol–water partition coefficient (Wildman–Crippen LogP) is 1.27. The zero-order valence-corrected chi connectivity index (χ0v) is 11.1. The number of nitrogens with one attached hydrogen (secondary N) is 1. The Morgan fingerprint density at radius 3 is 3.06 bits per heavy atom. The van der Waals surface area contributed by atoms with Crippen LogP contribution in [0.15, 0.2) is 5.51 Å². The van der Waals surface area contributed by atoms with E-state index in [1.165, 1.54) is 16.8 Å².